The number of hydrogen-bond donors (Lipinski definition) is 1. The van der Waals surface area contributed by atoms with Crippen LogP contribution in [0.4, 0.5) is 18.9 Å². The second-order valence-electron chi connectivity index (χ2n) is 4.16. The molecule has 0 aliphatic heterocycles. The molecule has 21 heavy (non-hydrogen) atoms. The minimum atomic E-state index is -4.59. The van der Waals surface area contributed by atoms with E-state index in [0.717, 1.165) is 5.75 Å². The van der Waals surface area contributed by atoms with Crippen molar-refractivity contribution in [3.8, 4) is 11.5 Å². The van der Waals surface area contributed by atoms with Crippen LogP contribution in [0.5, 0.6) is 11.5 Å². The highest BCUT2D eigenvalue weighted by atomic mass is 19.4. The molecule has 112 valence electrons. The van der Waals surface area contributed by atoms with Gasteiger partial charge in [0.25, 0.3) is 0 Å². The van der Waals surface area contributed by atoms with E-state index < -0.39 is 13.0 Å². The molecule has 0 radical (unpaired) electrons. The average Bonchev–Trinajstić information content (AvgIpc) is 2.45. The number of alkyl halides is 3. The molecule has 0 aliphatic carbocycles. The number of ether oxygens (including phenoxy) is 2. The number of anilines is 1. The second-order valence-corrected chi connectivity index (χ2v) is 4.16. The van der Waals surface area contributed by atoms with Crippen molar-refractivity contribution < 1.29 is 22.6 Å². The van der Waals surface area contributed by atoms with Gasteiger partial charge in [-0.25, -0.2) is 0 Å². The van der Waals surface area contributed by atoms with Crippen molar-refractivity contribution in [3.05, 3.63) is 54.6 Å². The van der Waals surface area contributed by atoms with Crippen LogP contribution < -0.4 is 10.1 Å². The first-order chi connectivity index (χ1) is 10.0. The van der Waals surface area contributed by atoms with Crippen LogP contribution in [0.25, 0.3) is 0 Å². The monoisotopic (exact) mass is 297 g/mol. The van der Waals surface area contributed by atoms with Gasteiger partial charge in [0.15, 0.2) is 0 Å². The van der Waals surface area contributed by atoms with Crippen LogP contribution in [0.1, 0.15) is 0 Å². The molecule has 0 aliphatic rings. The molecule has 0 saturated carbocycles. The molecule has 0 atom stereocenters. The van der Waals surface area contributed by atoms with Gasteiger partial charge in [0.05, 0.1) is 6.61 Å². The van der Waals surface area contributed by atoms with Crippen LogP contribution >= 0.6 is 0 Å². The van der Waals surface area contributed by atoms with Gasteiger partial charge in [0.1, 0.15) is 11.5 Å². The fourth-order valence-electron chi connectivity index (χ4n) is 1.63. The van der Waals surface area contributed by atoms with Gasteiger partial charge in [-0.05, 0) is 36.4 Å². The summed E-state index contributed by atoms with van der Waals surface area (Å²) in [5.41, 5.74) is 0.696. The summed E-state index contributed by atoms with van der Waals surface area (Å²) in [7, 11) is 0. The van der Waals surface area contributed by atoms with Crippen molar-refractivity contribution in [2.75, 3.05) is 18.5 Å². The van der Waals surface area contributed by atoms with Gasteiger partial charge in [0, 0.05) is 12.2 Å². The molecule has 0 saturated heterocycles. The Balaban J connectivity index is 1.79. The molecule has 0 heterocycles. The standard InChI is InChI=1S/C15H14F3NO2/c16-15(17,18)20-11-10-19-12-6-8-14(9-7-12)21-13-4-2-1-3-5-13/h1-9,19H,10-11H2. The summed E-state index contributed by atoms with van der Waals surface area (Å²) in [5.74, 6) is 1.37. The summed E-state index contributed by atoms with van der Waals surface area (Å²) >= 11 is 0. The van der Waals surface area contributed by atoms with E-state index in [1.807, 2.05) is 30.3 Å². The number of para-hydroxylation sites is 1. The molecule has 1 N–H and O–H groups in total. The lowest BCUT2D eigenvalue weighted by Gasteiger charge is -2.10. The Morgan fingerprint density at radius 1 is 0.857 bits per heavy atom. The maximum absolute atomic E-state index is 11.8. The van der Waals surface area contributed by atoms with Crippen molar-refractivity contribution >= 4 is 5.69 Å². The van der Waals surface area contributed by atoms with Crippen molar-refractivity contribution in [2.24, 2.45) is 0 Å². The summed E-state index contributed by atoms with van der Waals surface area (Å²) in [5, 5.41) is 2.83. The predicted molar refractivity (Wildman–Crippen MR) is 73.5 cm³/mol. The van der Waals surface area contributed by atoms with Gasteiger partial charge < -0.3 is 10.1 Å². The van der Waals surface area contributed by atoms with Crippen LogP contribution in [-0.2, 0) is 4.74 Å². The minimum Gasteiger partial charge on any atom is -0.457 e. The highest BCUT2D eigenvalue weighted by Crippen LogP contribution is 2.22. The highest BCUT2D eigenvalue weighted by Gasteiger charge is 2.28. The zero-order chi connectivity index (χ0) is 15.1. The molecule has 2 aromatic rings. The third kappa shape index (κ3) is 5.74. The smallest absolute Gasteiger partial charge is 0.457 e. The Bertz CT molecular complexity index is 541. The van der Waals surface area contributed by atoms with Gasteiger partial charge in [-0.1, -0.05) is 18.2 Å². The lowest BCUT2D eigenvalue weighted by Crippen LogP contribution is -2.19. The summed E-state index contributed by atoms with van der Waals surface area (Å²) < 4.78 is 44.6. The second kappa shape index (κ2) is 6.99. The molecule has 0 unspecified atom stereocenters. The summed E-state index contributed by atoms with van der Waals surface area (Å²) in [6.45, 7) is -0.371. The normalized spacial score (nSPS) is 11.2. The van der Waals surface area contributed by atoms with Crippen LogP contribution in [0.2, 0.25) is 0 Å². The number of rotatable bonds is 6. The van der Waals surface area contributed by atoms with Crippen molar-refractivity contribution in [3.63, 3.8) is 0 Å². The Kier molecular flexibility index (Phi) is 5.05. The SMILES string of the molecule is FC(F)(F)OCCNc1ccc(Oc2ccccc2)cc1. The Morgan fingerprint density at radius 3 is 2.10 bits per heavy atom. The summed E-state index contributed by atoms with van der Waals surface area (Å²) in [6.07, 6.45) is -4.59. The Labute approximate surface area is 120 Å². The zero-order valence-electron chi connectivity index (χ0n) is 11.1. The molecular formula is C15H14F3NO2. The third-order valence-electron chi connectivity index (χ3n) is 2.53. The third-order valence-corrected chi connectivity index (χ3v) is 2.53. The molecule has 0 amide bonds. The first-order valence-electron chi connectivity index (χ1n) is 6.30. The maximum atomic E-state index is 11.8. The van der Waals surface area contributed by atoms with E-state index in [-0.39, 0.29) is 6.54 Å². The summed E-state index contributed by atoms with van der Waals surface area (Å²) in [6, 6.07) is 16.2. The fourth-order valence-corrected chi connectivity index (χ4v) is 1.63. The van der Waals surface area contributed by atoms with Crippen LogP contribution in [-0.4, -0.2) is 19.5 Å². The van der Waals surface area contributed by atoms with Gasteiger partial charge >= 0.3 is 6.36 Å². The zero-order valence-corrected chi connectivity index (χ0v) is 11.1. The molecule has 0 fully saturated rings. The quantitative estimate of drug-likeness (QED) is 0.800. The number of benzene rings is 2. The van der Waals surface area contributed by atoms with Crippen molar-refractivity contribution in [1.29, 1.82) is 0 Å². The van der Waals surface area contributed by atoms with Gasteiger partial charge in [-0.2, -0.15) is 0 Å². The highest BCUT2D eigenvalue weighted by molar-refractivity contribution is 5.47. The van der Waals surface area contributed by atoms with E-state index in [4.69, 9.17) is 4.74 Å². The minimum absolute atomic E-state index is 0.0679. The van der Waals surface area contributed by atoms with Gasteiger partial charge in [0.2, 0.25) is 0 Å². The van der Waals surface area contributed by atoms with Gasteiger partial charge in [-0.3, -0.25) is 4.74 Å². The van der Waals surface area contributed by atoms with Gasteiger partial charge in [-0.15, -0.1) is 13.2 Å². The predicted octanol–water partition coefficient (Wildman–Crippen LogP) is 4.43. The Morgan fingerprint density at radius 2 is 1.48 bits per heavy atom. The van der Waals surface area contributed by atoms with Crippen LogP contribution in [0, 0.1) is 0 Å². The van der Waals surface area contributed by atoms with Crippen molar-refractivity contribution in [2.45, 2.75) is 6.36 Å². The largest absolute Gasteiger partial charge is 0.522 e. The maximum Gasteiger partial charge on any atom is 0.522 e. The molecule has 3 nitrogen and oxygen atoms in total. The molecule has 0 bridgehead atoms. The molecule has 2 rings (SSSR count). The van der Waals surface area contributed by atoms with E-state index in [9.17, 15) is 13.2 Å². The molecular weight excluding hydrogens is 283 g/mol. The lowest BCUT2D eigenvalue weighted by atomic mass is 10.3. The fraction of sp³-hybridized carbons (Fsp3) is 0.200. The number of hydrogen-bond acceptors (Lipinski definition) is 3. The number of nitrogens with one attached hydrogen (secondary N) is 1. The molecule has 6 heteroatoms. The van der Waals surface area contributed by atoms with E-state index in [0.29, 0.717) is 11.4 Å². The topological polar surface area (TPSA) is 30.5 Å². The first-order valence-corrected chi connectivity index (χ1v) is 6.30. The van der Waals surface area contributed by atoms with E-state index in [1.54, 1.807) is 24.3 Å². The Hall–Kier alpha value is -2.21. The van der Waals surface area contributed by atoms with Crippen molar-refractivity contribution in [1.82, 2.24) is 0 Å². The van der Waals surface area contributed by atoms with E-state index in [2.05, 4.69) is 10.1 Å². The molecule has 0 aromatic heterocycles. The van der Waals surface area contributed by atoms with E-state index >= 15 is 0 Å². The average molecular weight is 297 g/mol. The van der Waals surface area contributed by atoms with Crippen LogP contribution in [0.3, 0.4) is 0 Å². The summed E-state index contributed by atoms with van der Waals surface area (Å²) in [4.78, 5) is 0. The number of halogens is 3. The molecule has 0 spiro atoms. The van der Waals surface area contributed by atoms with Crippen LogP contribution in [0.15, 0.2) is 54.6 Å². The molecule has 2 aromatic carbocycles. The first kappa shape index (κ1) is 15.2. The van der Waals surface area contributed by atoms with E-state index in [1.165, 1.54) is 0 Å². The lowest BCUT2D eigenvalue weighted by molar-refractivity contribution is -0.322.